The van der Waals surface area contributed by atoms with Crippen LogP contribution in [-0.4, -0.2) is 0 Å². The maximum absolute atomic E-state index is 6.32. The first-order valence-corrected chi connectivity index (χ1v) is 9.37. The van der Waals surface area contributed by atoms with E-state index in [9.17, 15) is 0 Å². The van der Waals surface area contributed by atoms with Gasteiger partial charge >= 0.3 is 0 Å². The molecule has 2 rings (SSSR count). The van der Waals surface area contributed by atoms with Gasteiger partial charge in [-0.3, -0.25) is 0 Å². The quantitative estimate of drug-likeness (QED) is 0.708. The number of hydrogen-bond donors (Lipinski definition) is 0. The van der Waals surface area contributed by atoms with Crippen molar-refractivity contribution in [1.82, 2.24) is 0 Å². The van der Waals surface area contributed by atoms with Crippen LogP contribution in [0.25, 0.3) is 0 Å². The van der Waals surface area contributed by atoms with Crippen molar-refractivity contribution in [2.45, 2.75) is 0 Å². The smallest absolute Gasteiger partial charge is 0.228 e. The van der Waals surface area contributed by atoms with Crippen LogP contribution >= 0.6 is 40.1 Å². The fourth-order valence-corrected chi connectivity index (χ4v) is 4.05. The SMILES string of the molecule is S=P(Cl)(Oc1ccc(Cl)cc1Cl)c1ccccc1. The Morgan fingerprint density at radius 2 is 1.67 bits per heavy atom. The lowest BCUT2D eigenvalue weighted by atomic mass is 10.3. The minimum absolute atomic E-state index is 0.397. The highest BCUT2D eigenvalue weighted by molar-refractivity contribution is 8.28. The first-order valence-electron chi connectivity index (χ1n) is 4.99. The van der Waals surface area contributed by atoms with Gasteiger partial charge in [-0.25, -0.2) is 0 Å². The molecule has 0 amide bonds. The molecule has 0 fully saturated rings. The molecule has 0 heterocycles. The van der Waals surface area contributed by atoms with E-state index in [-0.39, 0.29) is 0 Å². The van der Waals surface area contributed by atoms with Gasteiger partial charge in [0.15, 0.2) is 0 Å². The maximum Gasteiger partial charge on any atom is 0.228 e. The highest BCUT2D eigenvalue weighted by Gasteiger charge is 2.19. The van der Waals surface area contributed by atoms with E-state index in [1.807, 2.05) is 30.3 Å². The molecule has 6 heteroatoms. The van der Waals surface area contributed by atoms with Gasteiger partial charge in [-0.15, -0.1) is 0 Å². The molecule has 0 N–H and O–H groups in total. The van der Waals surface area contributed by atoms with Gasteiger partial charge in [-0.05, 0) is 53.4 Å². The van der Waals surface area contributed by atoms with Crippen molar-refractivity contribution in [2.24, 2.45) is 0 Å². The number of benzene rings is 2. The average Bonchev–Trinajstić information content (AvgIpc) is 2.34. The second-order valence-electron chi connectivity index (χ2n) is 3.48. The maximum atomic E-state index is 6.32. The monoisotopic (exact) mass is 336 g/mol. The van der Waals surface area contributed by atoms with Gasteiger partial charge < -0.3 is 4.52 Å². The summed E-state index contributed by atoms with van der Waals surface area (Å²) in [6, 6.07) is 14.3. The van der Waals surface area contributed by atoms with Gasteiger partial charge in [-0.2, -0.15) is 0 Å². The van der Waals surface area contributed by atoms with Gasteiger partial charge in [0.1, 0.15) is 5.75 Å². The molecule has 0 bridgehead atoms. The number of halogens is 3. The molecule has 1 unspecified atom stereocenters. The molecule has 0 aliphatic rings. The Morgan fingerprint density at radius 1 is 1.00 bits per heavy atom. The summed E-state index contributed by atoms with van der Waals surface area (Å²) in [5, 5.41) is 1.72. The Bertz CT molecular complexity index is 604. The summed E-state index contributed by atoms with van der Waals surface area (Å²) in [6.45, 7) is 0. The van der Waals surface area contributed by atoms with Crippen LogP contribution in [0.2, 0.25) is 10.0 Å². The van der Waals surface area contributed by atoms with Crippen molar-refractivity contribution in [3.05, 3.63) is 58.6 Å². The van der Waals surface area contributed by atoms with Crippen LogP contribution in [0, 0.1) is 0 Å². The van der Waals surface area contributed by atoms with Crippen LogP contribution in [0.3, 0.4) is 0 Å². The van der Waals surface area contributed by atoms with Crippen LogP contribution < -0.4 is 9.83 Å². The molecule has 94 valence electrons. The molecule has 2 aromatic carbocycles. The Hall–Kier alpha value is -0.240. The molecule has 0 spiro atoms. The Labute approximate surface area is 126 Å². The summed E-state index contributed by atoms with van der Waals surface area (Å²) in [4.78, 5) is 0. The number of rotatable bonds is 3. The van der Waals surface area contributed by atoms with Gasteiger partial charge in [0.2, 0.25) is 5.62 Å². The topological polar surface area (TPSA) is 9.23 Å². The summed E-state index contributed by atoms with van der Waals surface area (Å²) >= 11 is 23.5. The second kappa shape index (κ2) is 5.81. The van der Waals surface area contributed by atoms with Crippen molar-refractivity contribution in [3.63, 3.8) is 0 Å². The molecule has 18 heavy (non-hydrogen) atoms. The normalized spacial score (nSPS) is 13.9. The van der Waals surface area contributed by atoms with Gasteiger partial charge in [0.25, 0.3) is 0 Å². The van der Waals surface area contributed by atoms with Crippen LogP contribution in [0.15, 0.2) is 48.5 Å². The first-order chi connectivity index (χ1) is 8.49. The standard InChI is InChI=1S/C12H8Cl3OPS/c13-9-6-7-12(11(14)8-9)16-17(15,18)10-4-2-1-3-5-10/h1-8H. The van der Waals surface area contributed by atoms with Crippen molar-refractivity contribution in [2.75, 3.05) is 0 Å². The molecule has 0 aliphatic heterocycles. The minimum atomic E-state index is -2.63. The molecule has 2 aromatic rings. The zero-order valence-corrected chi connectivity index (χ0v) is 13.0. The van der Waals surface area contributed by atoms with Crippen LogP contribution in [0.4, 0.5) is 0 Å². The molecule has 1 nitrogen and oxygen atoms in total. The third-order valence-electron chi connectivity index (χ3n) is 2.17. The lowest BCUT2D eigenvalue weighted by molar-refractivity contribution is 0.632. The third-order valence-corrected chi connectivity index (χ3v) is 5.70. The second-order valence-corrected chi connectivity index (χ2v) is 9.56. The molecule has 0 saturated heterocycles. The van der Waals surface area contributed by atoms with Crippen LogP contribution in [-0.2, 0) is 11.8 Å². The van der Waals surface area contributed by atoms with Crippen molar-refractivity contribution < 1.29 is 4.52 Å². The van der Waals surface area contributed by atoms with E-state index in [0.717, 1.165) is 5.30 Å². The molecule has 0 radical (unpaired) electrons. The molecular weight excluding hydrogens is 330 g/mol. The molecule has 0 saturated carbocycles. The molecule has 0 aromatic heterocycles. The van der Waals surface area contributed by atoms with E-state index in [4.69, 9.17) is 50.8 Å². The van der Waals surface area contributed by atoms with E-state index in [1.54, 1.807) is 18.2 Å². The molecule has 1 atom stereocenters. The highest BCUT2D eigenvalue weighted by atomic mass is 35.7. The fourth-order valence-electron chi connectivity index (χ4n) is 1.33. The van der Waals surface area contributed by atoms with Crippen molar-refractivity contribution in [3.8, 4) is 5.75 Å². The number of hydrogen-bond acceptors (Lipinski definition) is 2. The zero-order chi connectivity index (χ0) is 13.2. The van der Waals surface area contributed by atoms with Gasteiger partial charge in [0, 0.05) is 10.3 Å². The van der Waals surface area contributed by atoms with Gasteiger partial charge in [-0.1, -0.05) is 41.4 Å². The minimum Gasteiger partial charge on any atom is -0.447 e. The highest BCUT2D eigenvalue weighted by Crippen LogP contribution is 2.52. The van der Waals surface area contributed by atoms with E-state index in [1.165, 1.54) is 0 Å². The zero-order valence-electron chi connectivity index (χ0n) is 9.02. The summed E-state index contributed by atoms with van der Waals surface area (Å²) in [6.07, 6.45) is 0. The summed E-state index contributed by atoms with van der Waals surface area (Å²) in [5.41, 5.74) is -2.63. The summed E-state index contributed by atoms with van der Waals surface area (Å²) in [7, 11) is 0. The Morgan fingerprint density at radius 3 is 2.28 bits per heavy atom. The molecule has 0 aliphatic carbocycles. The molecular formula is C12H8Cl3OPS. The largest absolute Gasteiger partial charge is 0.447 e. The van der Waals surface area contributed by atoms with E-state index in [2.05, 4.69) is 0 Å². The van der Waals surface area contributed by atoms with Crippen LogP contribution in [0.5, 0.6) is 5.75 Å². The van der Waals surface area contributed by atoms with Crippen molar-refractivity contribution >= 4 is 57.2 Å². The van der Waals surface area contributed by atoms with Crippen LogP contribution in [0.1, 0.15) is 0 Å². The lowest BCUT2D eigenvalue weighted by Gasteiger charge is -2.17. The Balaban J connectivity index is 2.31. The predicted octanol–water partition coefficient (Wildman–Crippen LogP) is 5.25. The first kappa shape index (κ1) is 14.2. The Kier molecular flexibility index (Phi) is 4.58. The average molecular weight is 338 g/mol. The lowest BCUT2D eigenvalue weighted by Crippen LogP contribution is -2.04. The summed E-state index contributed by atoms with van der Waals surface area (Å²) in [5.74, 6) is 0.447. The van der Waals surface area contributed by atoms with Crippen molar-refractivity contribution in [1.29, 1.82) is 0 Å². The van der Waals surface area contributed by atoms with E-state index < -0.39 is 5.62 Å². The predicted molar refractivity (Wildman–Crippen MR) is 83.3 cm³/mol. The summed E-state index contributed by atoms with van der Waals surface area (Å²) < 4.78 is 5.67. The fraction of sp³-hybridized carbons (Fsp3) is 0. The van der Waals surface area contributed by atoms with E-state index >= 15 is 0 Å². The third kappa shape index (κ3) is 3.40. The van der Waals surface area contributed by atoms with Gasteiger partial charge in [0.05, 0.1) is 5.02 Å². The van der Waals surface area contributed by atoms with E-state index in [0.29, 0.717) is 15.8 Å².